The van der Waals surface area contributed by atoms with Crippen LogP contribution in [0.5, 0.6) is 0 Å². The fourth-order valence-electron chi connectivity index (χ4n) is 3.30. The molecule has 0 radical (unpaired) electrons. The van der Waals surface area contributed by atoms with Gasteiger partial charge in [-0.15, -0.1) is 11.3 Å². The maximum atomic E-state index is 13.5. The van der Waals surface area contributed by atoms with Gasteiger partial charge in [-0.2, -0.15) is 0 Å². The predicted molar refractivity (Wildman–Crippen MR) is 109 cm³/mol. The number of halogens is 1. The zero-order valence-electron chi connectivity index (χ0n) is 14.3. The Bertz CT molecular complexity index is 1450. The summed E-state index contributed by atoms with van der Waals surface area (Å²) in [5, 5.41) is 0.675. The van der Waals surface area contributed by atoms with Crippen molar-refractivity contribution in [2.75, 3.05) is 0 Å². The average molecular weight is 389 g/mol. The molecule has 28 heavy (non-hydrogen) atoms. The van der Waals surface area contributed by atoms with Crippen LogP contribution in [-0.4, -0.2) is 15.0 Å². The van der Waals surface area contributed by atoms with Crippen LogP contribution in [0.3, 0.4) is 0 Å². The molecule has 0 atom stereocenters. The Balaban J connectivity index is 1.94. The first-order valence-electron chi connectivity index (χ1n) is 8.51. The molecule has 2 N–H and O–H groups in total. The molecule has 3 heterocycles. The van der Waals surface area contributed by atoms with Gasteiger partial charge in [0.25, 0.3) is 5.56 Å². The molecule has 0 amide bonds. The van der Waals surface area contributed by atoms with E-state index in [-0.39, 0.29) is 5.82 Å². The van der Waals surface area contributed by atoms with E-state index in [2.05, 4.69) is 9.97 Å². The van der Waals surface area contributed by atoms with Crippen molar-refractivity contribution in [3.05, 3.63) is 87.3 Å². The fraction of sp³-hybridized carbons (Fsp3) is 0. The number of hydrogen-bond donors (Lipinski definition) is 2. The van der Waals surface area contributed by atoms with Crippen LogP contribution >= 0.6 is 11.3 Å². The summed E-state index contributed by atoms with van der Waals surface area (Å²) in [7, 11) is 0. The SMILES string of the molecule is O=c1[nH]c(=O)c2sc3nc(-c4ccccc4)cc(-c4ccc(F)cc4)c3c2[nH]1. The van der Waals surface area contributed by atoms with E-state index in [0.29, 0.717) is 20.4 Å². The van der Waals surface area contributed by atoms with Crippen molar-refractivity contribution in [3.8, 4) is 22.4 Å². The highest BCUT2D eigenvalue weighted by Gasteiger charge is 2.17. The van der Waals surface area contributed by atoms with Crippen LogP contribution in [0.15, 0.2) is 70.3 Å². The Kier molecular flexibility index (Phi) is 3.70. The molecular formula is C21H12FN3O2S. The van der Waals surface area contributed by atoms with Crippen LogP contribution in [-0.2, 0) is 0 Å². The number of H-pyrrole nitrogens is 2. The molecule has 0 aliphatic rings. The highest BCUT2D eigenvalue weighted by Crippen LogP contribution is 2.38. The number of nitrogens with zero attached hydrogens (tertiary/aromatic N) is 1. The van der Waals surface area contributed by atoms with Crippen LogP contribution < -0.4 is 11.2 Å². The van der Waals surface area contributed by atoms with Crippen LogP contribution in [0.25, 0.3) is 42.8 Å². The lowest BCUT2D eigenvalue weighted by atomic mass is 10.00. The van der Waals surface area contributed by atoms with Gasteiger partial charge in [0.2, 0.25) is 0 Å². The zero-order chi connectivity index (χ0) is 19.3. The molecule has 5 aromatic rings. The van der Waals surface area contributed by atoms with E-state index in [1.807, 2.05) is 36.4 Å². The number of pyridine rings is 1. The number of fused-ring (bicyclic) bond motifs is 3. The van der Waals surface area contributed by atoms with Crippen molar-refractivity contribution in [3.63, 3.8) is 0 Å². The second kappa shape index (κ2) is 6.24. The smallest absolute Gasteiger partial charge is 0.305 e. The summed E-state index contributed by atoms with van der Waals surface area (Å²) in [6.45, 7) is 0. The Morgan fingerprint density at radius 1 is 0.893 bits per heavy atom. The first kappa shape index (κ1) is 16.6. The molecule has 0 saturated carbocycles. The van der Waals surface area contributed by atoms with Gasteiger partial charge >= 0.3 is 5.69 Å². The molecular weight excluding hydrogens is 377 g/mol. The minimum atomic E-state index is -0.575. The molecule has 136 valence electrons. The van der Waals surface area contributed by atoms with E-state index in [1.165, 1.54) is 23.5 Å². The second-order valence-electron chi connectivity index (χ2n) is 6.32. The van der Waals surface area contributed by atoms with E-state index in [0.717, 1.165) is 22.4 Å². The molecule has 5 nitrogen and oxygen atoms in total. The number of hydrogen-bond acceptors (Lipinski definition) is 4. The molecule has 0 aliphatic heterocycles. The minimum Gasteiger partial charge on any atom is -0.305 e. The van der Waals surface area contributed by atoms with Crippen LogP contribution in [0.4, 0.5) is 4.39 Å². The van der Waals surface area contributed by atoms with E-state index in [4.69, 9.17) is 4.98 Å². The van der Waals surface area contributed by atoms with Gasteiger partial charge in [-0.1, -0.05) is 42.5 Å². The molecule has 0 fully saturated rings. The van der Waals surface area contributed by atoms with E-state index in [9.17, 15) is 14.0 Å². The normalized spacial score (nSPS) is 11.3. The van der Waals surface area contributed by atoms with Crippen molar-refractivity contribution in [1.29, 1.82) is 0 Å². The van der Waals surface area contributed by atoms with E-state index >= 15 is 0 Å². The summed E-state index contributed by atoms with van der Waals surface area (Å²) in [5.41, 5.74) is 2.62. The Morgan fingerprint density at radius 3 is 2.39 bits per heavy atom. The largest absolute Gasteiger partial charge is 0.326 e. The first-order valence-corrected chi connectivity index (χ1v) is 9.33. The number of aromatic nitrogens is 3. The minimum absolute atomic E-state index is 0.336. The molecule has 7 heteroatoms. The second-order valence-corrected chi connectivity index (χ2v) is 7.32. The third kappa shape index (κ3) is 2.64. The highest BCUT2D eigenvalue weighted by atomic mass is 32.1. The van der Waals surface area contributed by atoms with Gasteiger partial charge in [0.05, 0.1) is 11.2 Å². The molecule has 0 saturated heterocycles. The zero-order valence-corrected chi connectivity index (χ0v) is 15.1. The third-order valence-corrected chi connectivity index (χ3v) is 5.64. The highest BCUT2D eigenvalue weighted by molar-refractivity contribution is 7.25. The number of rotatable bonds is 2. The summed E-state index contributed by atoms with van der Waals surface area (Å²) < 4.78 is 13.9. The summed E-state index contributed by atoms with van der Waals surface area (Å²) in [4.78, 5) is 34.5. The van der Waals surface area contributed by atoms with Crippen LogP contribution in [0.1, 0.15) is 0 Å². The number of benzene rings is 2. The predicted octanol–water partition coefficient (Wildman–Crippen LogP) is 4.30. The van der Waals surface area contributed by atoms with E-state index < -0.39 is 11.2 Å². The topological polar surface area (TPSA) is 78.6 Å². The molecule has 0 bridgehead atoms. The van der Waals surface area contributed by atoms with Crippen molar-refractivity contribution in [2.24, 2.45) is 0 Å². The molecule has 3 aromatic heterocycles. The molecule has 2 aromatic carbocycles. The van der Waals surface area contributed by atoms with Crippen LogP contribution in [0.2, 0.25) is 0 Å². The molecule has 0 spiro atoms. The summed E-state index contributed by atoms with van der Waals surface area (Å²) in [5.74, 6) is -0.336. The molecule has 5 rings (SSSR count). The maximum Gasteiger partial charge on any atom is 0.326 e. The van der Waals surface area contributed by atoms with Crippen molar-refractivity contribution < 1.29 is 4.39 Å². The number of nitrogens with one attached hydrogen (secondary N) is 2. The Morgan fingerprint density at radius 2 is 1.64 bits per heavy atom. The van der Waals surface area contributed by atoms with Gasteiger partial charge in [0.15, 0.2) is 0 Å². The molecule has 0 unspecified atom stereocenters. The summed E-state index contributed by atoms with van der Waals surface area (Å²) in [6.07, 6.45) is 0. The van der Waals surface area contributed by atoms with E-state index in [1.54, 1.807) is 12.1 Å². The number of aromatic amines is 2. The van der Waals surface area contributed by atoms with Gasteiger partial charge < -0.3 is 4.98 Å². The number of thiophene rings is 1. The fourth-order valence-corrected chi connectivity index (χ4v) is 4.35. The van der Waals surface area contributed by atoms with Gasteiger partial charge in [0, 0.05) is 10.9 Å². The van der Waals surface area contributed by atoms with Gasteiger partial charge in [-0.3, -0.25) is 9.78 Å². The Labute approximate surface area is 161 Å². The van der Waals surface area contributed by atoms with Gasteiger partial charge in [0.1, 0.15) is 15.3 Å². The van der Waals surface area contributed by atoms with Crippen molar-refractivity contribution >= 4 is 31.8 Å². The first-order chi connectivity index (χ1) is 13.6. The van der Waals surface area contributed by atoms with Crippen molar-refractivity contribution in [1.82, 2.24) is 15.0 Å². The summed E-state index contributed by atoms with van der Waals surface area (Å²) >= 11 is 1.22. The monoisotopic (exact) mass is 389 g/mol. The molecule has 0 aliphatic carbocycles. The summed E-state index contributed by atoms with van der Waals surface area (Å²) in [6, 6.07) is 17.7. The van der Waals surface area contributed by atoms with Gasteiger partial charge in [-0.05, 0) is 29.3 Å². The maximum absolute atomic E-state index is 13.5. The van der Waals surface area contributed by atoms with Crippen LogP contribution in [0, 0.1) is 5.82 Å². The lowest BCUT2D eigenvalue weighted by molar-refractivity contribution is 0.628. The Hall–Kier alpha value is -3.58. The van der Waals surface area contributed by atoms with Crippen molar-refractivity contribution in [2.45, 2.75) is 0 Å². The van der Waals surface area contributed by atoms with Gasteiger partial charge in [-0.25, -0.2) is 14.2 Å². The standard InChI is InChI=1S/C21H12FN3O2S/c22-13-8-6-11(7-9-13)14-10-15(12-4-2-1-3-5-12)23-20-16(14)17-18(28-20)19(26)25-21(27)24-17/h1-10H,(H2,24,25,26,27). The average Bonchev–Trinajstić information content (AvgIpc) is 3.07. The third-order valence-electron chi connectivity index (χ3n) is 4.56. The lowest BCUT2D eigenvalue weighted by Gasteiger charge is -2.08. The quantitative estimate of drug-likeness (QED) is 0.472. The lowest BCUT2D eigenvalue weighted by Crippen LogP contribution is -2.20.